The highest BCUT2D eigenvalue weighted by Crippen LogP contribution is 2.42. The molecule has 1 aliphatic carbocycles. The summed E-state index contributed by atoms with van der Waals surface area (Å²) in [6.07, 6.45) is 3.74. The zero-order chi connectivity index (χ0) is 14.7. The Morgan fingerprint density at radius 2 is 1.95 bits per heavy atom. The fourth-order valence-corrected chi connectivity index (χ4v) is 3.37. The average Bonchev–Trinajstić information content (AvgIpc) is 2.43. The van der Waals surface area contributed by atoms with Gasteiger partial charge in [-0.25, -0.2) is 0 Å². The van der Waals surface area contributed by atoms with Crippen LogP contribution in [0.1, 0.15) is 30.9 Å². The first-order valence-electron chi connectivity index (χ1n) is 7.73. The molecule has 2 aliphatic rings. The van der Waals surface area contributed by atoms with Crippen molar-refractivity contribution in [3.8, 4) is 5.75 Å². The molecule has 3 rings (SSSR count). The van der Waals surface area contributed by atoms with E-state index in [-0.39, 0.29) is 5.75 Å². The maximum absolute atomic E-state index is 12.4. The molecule has 0 aromatic heterocycles. The normalized spacial score (nSPS) is 22.0. The number of nitrogens with zero attached hydrogens (tertiary/aromatic N) is 1. The Kier molecular flexibility index (Phi) is 4.70. The minimum atomic E-state index is -2.76. The summed E-state index contributed by atoms with van der Waals surface area (Å²) in [6, 6.07) is 7.59. The SMILES string of the molecule is FC(F)Oc1cccc([C@@H](C2CCC2)N2CCNCC2)c1. The Morgan fingerprint density at radius 3 is 2.57 bits per heavy atom. The number of ether oxygens (including phenoxy) is 1. The van der Waals surface area contributed by atoms with E-state index in [9.17, 15) is 8.78 Å². The van der Waals surface area contributed by atoms with Crippen LogP contribution in [-0.2, 0) is 0 Å². The van der Waals surface area contributed by atoms with E-state index in [1.807, 2.05) is 12.1 Å². The molecule has 116 valence electrons. The van der Waals surface area contributed by atoms with Gasteiger partial charge in [-0.05, 0) is 36.5 Å². The zero-order valence-electron chi connectivity index (χ0n) is 12.1. The Morgan fingerprint density at radius 1 is 1.19 bits per heavy atom. The quantitative estimate of drug-likeness (QED) is 0.904. The highest BCUT2D eigenvalue weighted by atomic mass is 19.3. The molecule has 2 fully saturated rings. The van der Waals surface area contributed by atoms with E-state index in [4.69, 9.17) is 0 Å². The number of benzene rings is 1. The number of piperazine rings is 1. The van der Waals surface area contributed by atoms with E-state index in [0.717, 1.165) is 31.7 Å². The largest absolute Gasteiger partial charge is 0.435 e. The van der Waals surface area contributed by atoms with Gasteiger partial charge in [-0.15, -0.1) is 0 Å². The molecule has 1 aromatic carbocycles. The molecule has 1 saturated heterocycles. The van der Waals surface area contributed by atoms with Gasteiger partial charge in [-0.2, -0.15) is 8.78 Å². The van der Waals surface area contributed by atoms with Crippen molar-refractivity contribution in [1.29, 1.82) is 0 Å². The van der Waals surface area contributed by atoms with E-state index in [1.54, 1.807) is 12.1 Å². The van der Waals surface area contributed by atoms with Crippen LogP contribution in [0, 0.1) is 5.92 Å². The van der Waals surface area contributed by atoms with Crippen LogP contribution in [0.15, 0.2) is 24.3 Å². The first kappa shape index (κ1) is 14.7. The minimum Gasteiger partial charge on any atom is -0.435 e. The number of hydrogen-bond acceptors (Lipinski definition) is 3. The minimum absolute atomic E-state index is 0.266. The zero-order valence-corrected chi connectivity index (χ0v) is 12.1. The van der Waals surface area contributed by atoms with Crippen LogP contribution in [0.4, 0.5) is 8.78 Å². The lowest BCUT2D eigenvalue weighted by molar-refractivity contribution is -0.0500. The summed E-state index contributed by atoms with van der Waals surface area (Å²) in [5.41, 5.74) is 1.11. The predicted molar refractivity (Wildman–Crippen MR) is 77.6 cm³/mol. The van der Waals surface area contributed by atoms with E-state index >= 15 is 0 Å². The Labute approximate surface area is 124 Å². The first-order valence-corrected chi connectivity index (χ1v) is 7.73. The Hall–Kier alpha value is -1.20. The van der Waals surface area contributed by atoms with E-state index in [0.29, 0.717) is 12.0 Å². The number of rotatable bonds is 5. The highest BCUT2D eigenvalue weighted by Gasteiger charge is 2.33. The van der Waals surface area contributed by atoms with Crippen LogP contribution in [-0.4, -0.2) is 37.7 Å². The molecule has 0 spiro atoms. The van der Waals surface area contributed by atoms with E-state index in [2.05, 4.69) is 15.0 Å². The van der Waals surface area contributed by atoms with Gasteiger partial charge >= 0.3 is 6.61 Å². The first-order chi connectivity index (χ1) is 10.2. The number of alkyl halides is 2. The molecule has 0 radical (unpaired) electrons. The Balaban J connectivity index is 1.81. The molecule has 0 amide bonds. The lowest BCUT2D eigenvalue weighted by atomic mass is 9.76. The second kappa shape index (κ2) is 6.71. The maximum Gasteiger partial charge on any atom is 0.387 e. The average molecular weight is 296 g/mol. The van der Waals surface area contributed by atoms with Gasteiger partial charge < -0.3 is 10.1 Å². The molecule has 1 aliphatic heterocycles. The van der Waals surface area contributed by atoms with Crippen molar-refractivity contribution in [2.75, 3.05) is 26.2 Å². The summed E-state index contributed by atoms with van der Waals surface area (Å²) in [5, 5.41) is 3.37. The molecule has 21 heavy (non-hydrogen) atoms. The second-order valence-corrected chi connectivity index (χ2v) is 5.87. The fraction of sp³-hybridized carbons (Fsp3) is 0.625. The number of nitrogens with one attached hydrogen (secondary N) is 1. The van der Waals surface area contributed by atoms with Gasteiger partial charge in [0, 0.05) is 32.2 Å². The van der Waals surface area contributed by atoms with Gasteiger partial charge in [0.25, 0.3) is 0 Å². The molecule has 1 heterocycles. The smallest absolute Gasteiger partial charge is 0.387 e. The maximum atomic E-state index is 12.4. The molecular formula is C16H22F2N2O. The monoisotopic (exact) mass is 296 g/mol. The molecule has 5 heteroatoms. The molecule has 1 atom stereocenters. The molecule has 0 unspecified atom stereocenters. The lowest BCUT2D eigenvalue weighted by Crippen LogP contribution is -2.47. The van der Waals surface area contributed by atoms with Crippen LogP contribution >= 0.6 is 0 Å². The van der Waals surface area contributed by atoms with Crippen LogP contribution in [0.3, 0.4) is 0 Å². The van der Waals surface area contributed by atoms with Gasteiger partial charge in [0.1, 0.15) is 5.75 Å². The Bertz CT molecular complexity index is 459. The number of hydrogen-bond donors (Lipinski definition) is 1. The van der Waals surface area contributed by atoms with Gasteiger partial charge in [0.2, 0.25) is 0 Å². The number of halogens is 2. The molecular weight excluding hydrogens is 274 g/mol. The summed E-state index contributed by atoms with van der Waals surface area (Å²) in [6.45, 7) is 1.26. The summed E-state index contributed by atoms with van der Waals surface area (Å²) in [4.78, 5) is 2.49. The van der Waals surface area contributed by atoms with Crippen LogP contribution in [0.5, 0.6) is 5.75 Å². The summed E-state index contributed by atoms with van der Waals surface area (Å²) in [5.74, 6) is 0.909. The second-order valence-electron chi connectivity index (χ2n) is 5.87. The molecule has 1 aromatic rings. The standard InChI is InChI=1S/C16H22F2N2O/c17-16(18)21-14-6-2-5-13(11-14)15(12-3-1-4-12)20-9-7-19-8-10-20/h2,5-6,11-12,15-16,19H,1,3-4,7-10H2/t15-/m1/s1. The predicted octanol–water partition coefficient (Wildman–Crippen LogP) is 3.03. The molecule has 1 saturated carbocycles. The van der Waals surface area contributed by atoms with Crippen molar-refractivity contribution in [1.82, 2.24) is 10.2 Å². The van der Waals surface area contributed by atoms with Crippen LogP contribution in [0.2, 0.25) is 0 Å². The third-order valence-corrected chi connectivity index (χ3v) is 4.57. The van der Waals surface area contributed by atoms with Crippen molar-refractivity contribution in [3.05, 3.63) is 29.8 Å². The van der Waals surface area contributed by atoms with Crippen molar-refractivity contribution in [2.24, 2.45) is 5.92 Å². The van der Waals surface area contributed by atoms with Crippen molar-refractivity contribution < 1.29 is 13.5 Å². The lowest BCUT2D eigenvalue weighted by Gasteiger charge is -2.43. The van der Waals surface area contributed by atoms with Crippen molar-refractivity contribution in [2.45, 2.75) is 31.9 Å². The third kappa shape index (κ3) is 3.52. The van der Waals surface area contributed by atoms with Gasteiger partial charge in [-0.3, -0.25) is 4.90 Å². The van der Waals surface area contributed by atoms with E-state index in [1.165, 1.54) is 19.3 Å². The topological polar surface area (TPSA) is 24.5 Å². The molecule has 1 N–H and O–H groups in total. The van der Waals surface area contributed by atoms with Crippen molar-refractivity contribution >= 4 is 0 Å². The summed E-state index contributed by atoms with van der Waals surface area (Å²) < 4.78 is 29.4. The molecule has 0 bridgehead atoms. The highest BCUT2D eigenvalue weighted by molar-refractivity contribution is 5.31. The van der Waals surface area contributed by atoms with Crippen LogP contribution < -0.4 is 10.1 Å². The molecule has 3 nitrogen and oxygen atoms in total. The van der Waals surface area contributed by atoms with Gasteiger partial charge in [0.05, 0.1) is 0 Å². The van der Waals surface area contributed by atoms with Crippen molar-refractivity contribution in [3.63, 3.8) is 0 Å². The fourth-order valence-electron chi connectivity index (χ4n) is 3.37. The van der Waals surface area contributed by atoms with Crippen LogP contribution in [0.25, 0.3) is 0 Å². The van der Waals surface area contributed by atoms with E-state index < -0.39 is 6.61 Å². The van der Waals surface area contributed by atoms with Gasteiger partial charge in [0.15, 0.2) is 0 Å². The third-order valence-electron chi connectivity index (χ3n) is 4.57. The summed E-state index contributed by atoms with van der Waals surface area (Å²) >= 11 is 0. The summed E-state index contributed by atoms with van der Waals surface area (Å²) in [7, 11) is 0. The van der Waals surface area contributed by atoms with Gasteiger partial charge in [-0.1, -0.05) is 18.6 Å².